The van der Waals surface area contributed by atoms with Gasteiger partial charge >= 0.3 is 0 Å². The molecule has 110 valence electrons. The fourth-order valence-electron chi connectivity index (χ4n) is 2.86. The minimum Gasteiger partial charge on any atom is -0.389 e. The third kappa shape index (κ3) is 4.17. The van der Waals surface area contributed by atoms with Crippen molar-refractivity contribution in [1.29, 1.82) is 0 Å². The molecule has 0 atom stereocenters. The molecule has 2 rings (SSSR count). The molecule has 0 unspecified atom stereocenters. The quantitative estimate of drug-likeness (QED) is 0.803. The van der Waals surface area contributed by atoms with E-state index in [9.17, 15) is 4.39 Å². The second-order valence-corrected chi connectivity index (χ2v) is 6.34. The molecule has 0 aromatic heterocycles. The molecule has 2 nitrogen and oxygen atoms in total. The molecule has 3 N–H and O–H groups in total. The molecular weight excluding hydrogens is 271 g/mol. The van der Waals surface area contributed by atoms with Crippen LogP contribution in [0.5, 0.6) is 0 Å². The SMILES string of the molecule is CC1CCC(CCNc2ccc(C(N)=S)c(F)c2)CC1. The fraction of sp³-hybridized carbons (Fsp3) is 0.562. The summed E-state index contributed by atoms with van der Waals surface area (Å²) >= 11 is 4.79. The number of halogens is 1. The first-order valence-electron chi connectivity index (χ1n) is 7.39. The third-order valence-corrected chi connectivity index (χ3v) is 4.47. The number of nitrogens with two attached hydrogens (primary N) is 1. The van der Waals surface area contributed by atoms with Gasteiger partial charge in [-0.25, -0.2) is 4.39 Å². The summed E-state index contributed by atoms with van der Waals surface area (Å²) in [4.78, 5) is 0.102. The Morgan fingerprint density at radius 2 is 2.05 bits per heavy atom. The molecule has 0 radical (unpaired) electrons. The van der Waals surface area contributed by atoms with Gasteiger partial charge in [-0.05, 0) is 36.5 Å². The lowest BCUT2D eigenvalue weighted by Gasteiger charge is -2.26. The van der Waals surface area contributed by atoms with Crippen molar-refractivity contribution < 1.29 is 4.39 Å². The summed E-state index contributed by atoms with van der Waals surface area (Å²) in [6, 6.07) is 4.94. The van der Waals surface area contributed by atoms with Crippen molar-refractivity contribution in [3.8, 4) is 0 Å². The maximum absolute atomic E-state index is 13.7. The molecule has 1 aromatic carbocycles. The molecule has 0 saturated heterocycles. The predicted molar refractivity (Wildman–Crippen MR) is 86.5 cm³/mol. The van der Waals surface area contributed by atoms with E-state index < -0.39 is 0 Å². The number of nitrogens with one attached hydrogen (secondary N) is 1. The second kappa shape index (κ2) is 7.02. The summed E-state index contributed by atoms with van der Waals surface area (Å²) in [5.74, 6) is 1.36. The van der Waals surface area contributed by atoms with E-state index in [2.05, 4.69) is 12.2 Å². The van der Waals surface area contributed by atoms with Gasteiger partial charge in [-0.2, -0.15) is 0 Å². The zero-order valence-electron chi connectivity index (χ0n) is 12.0. The second-order valence-electron chi connectivity index (χ2n) is 5.90. The van der Waals surface area contributed by atoms with Crippen LogP contribution in [0.1, 0.15) is 44.6 Å². The highest BCUT2D eigenvalue weighted by molar-refractivity contribution is 7.80. The van der Waals surface area contributed by atoms with Crippen LogP contribution in [0.4, 0.5) is 10.1 Å². The molecule has 0 amide bonds. The zero-order valence-corrected chi connectivity index (χ0v) is 12.8. The largest absolute Gasteiger partial charge is 0.389 e. The van der Waals surface area contributed by atoms with Gasteiger partial charge in [0.1, 0.15) is 10.8 Å². The van der Waals surface area contributed by atoms with Crippen LogP contribution < -0.4 is 11.1 Å². The molecule has 0 bridgehead atoms. The highest BCUT2D eigenvalue weighted by atomic mass is 32.1. The molecule has 0 aliphatic heterocycles. The Morgan fingerprint density at radius 3 is 2.65 bits per heavy atom. The standard InChI is InChI=1S/C16H23FN2S/c1-11-2-4-12(5-3-11)8-9-19-13-6-7-14(16(18)20)15(17)10-13/h6-7,10-12,19H,2-5,8-9H2,1H3,(H2,18,20). The van der Waals surface area contributed by atoms with Crippen LogP contribution in [-0.2, 0) is 0 Å². The summed E-state index contributed by atoms with van der Waals surface area (Å²) in [6.07, 6.45) is 6.52. The smallest absolute Gasteiger partial charge is 0.135 e. The van der Waals surface area contributed by atoms with E-state index in [-0.39, 0.29) is 10.8 Å². The van der Waals surface area contributed by atoms with Crippen molar-refractivity contribution in [2.45, 2.75) is 39.0 Å². The van der Waals surface area contributed by atoms with Crippen LogP contribution in [0.3, 0.4) is 0 Å². The average molecular weight is 294 g/mol. The molecule has 4 heteroatoms. The molecule has 1 fully saturated rings. The van der Waals surface area contributed by atoms with E-state index in [4.69, 9.17) is 18.0 Å². The van der Waals surface area contributed by atoms with Gasteiger partial charge in [-0.15, -0.1) is 0 Å². The van der Waals surface area contributed by atoms with Gasteiger partial charge in [0, 0.05) is 17.8 Å². The molecule has 20 heavy (non-hydrogen) atoms. The summed E-state index contributed by atoms with van der Waals surface area (Å²) in [6.45, 7) is 3.23. The topological polar surface area (TPSA) is 38.0 Å². The first-order chi connectivity index (χ1) is 9.56. The van der Waals surface area contributed by atoms with Gasteiger partial charge in [0.15, 0.2) is 0 Å². The number of thiocarbonyl (C=S) groups is 1. The van der Waals surface area contributed by atoms with Crippen LogP contribution in [0.15, 0.2) is 18.2 Å². The van der Waals surface area contributed by atoms with Gasteiger partial charge in [0.2, 0.25) is 0 Å². The monoisotopic (exact) mass is 294 g/mol. The van der Waals surface area contributed by atoms with E-state index in [0.29, 0.717) is 5.56 Å². The average Bonchev–Trinajstić information content (AvgIpc) is 2.41. The van der Waals surface area contributed by atoms with Crippen LogP contribution in [-0.4, -0.2) is 11.5 Å². The Hall–Kier alpha value is -1.16. The molecule has 0 spiro atoms. The van der Waals surface area contributed by atoms with Gasteiger partial charge in [-0.3, -0.25) is 0 Å². The Balaban J connectivity index is 1.79. The van der Waals surface area contributed by atoms with E-state index in [1.54, 1.807) is 6.07 Å². The van der Waals surface area contributed by atoms with Crippen molar-refractivity contribution in [2.24, 2.45) is 17.6 Å². The number of rotatable bonds is 5. The maximum atomic E-state index is 13.7. The number of benzene rings is 1. The molecular formula is C16H23FN2S. The molecule has 1 saturated carbocycles. The van der Waals surface area contributed by atoms with Crippen LogP contribution in [0, 0.1) is 17.7 Å². The fourth-order valence-corrected chi connectivity index (χ4v) is 3.03. The van der Waals surface area contributed by atoms with Crippen LogP contribution in [0.2, 0.25) is 0 Å². The predicted octanol–water partition coefficient (Wildman–Crippen LogP) is 4.09. The summed E-state index contributed by atoms with van der Waals surface area (Å²) in [5, 5.41) is 3.29. The molecule has 1 aromatic rings. The highest BCUT2D eigenvalue weighted by Gasteiger charge is 2.17. The zero-order chi connectivity index (χ0) is 14.5. The minimum atomic E-state index is -0.353. The van der Waals surface area contributed by atoms with E-state index in [1.165, 1.54) is 31.7 Å². The van der Waals surface area contributed by atoms with Crippen molar-refractivity contribution in [2.75, 3.05) is 11.9 Å². The van der Waals surface area contributed by atoms with Crippen molar-refractivity contribution in [3.63, 3.8) is 0 Å². The summed E-state index contributed by atoms with van der Waals surface area (Å²) < 4.78 is 13.7. The Morgan fingerprint density at radius 1 is 1.35 bits per heavy atom. The number of hydrogen-bond donors (Lipinski definition) is 2. The molecule has 0 heterocycles. The highest BCUT2D eigenvalue weighted by Crippen LogP contribution is 2.30. The lowest BCUT2D eigenvalue weighted by atomic mass is 9.81. The van der Waals surface area contributed by atoms with Crippen molar-refractivity contribution in [3.05, 3.63) is 29.6 Å². The van der Waals surface area contributed by atoms with E-state index in [0.717, 1.165) is 30.5 Å². The Labute approximate surface area is 125 Å². The van der Waals surface area contributed by atoms with Gasteiger partial charge in [0.25, 0.3) is 0 Å². The van der Waals surface area contributed by atoms with Crippen LogP contribution >= 0.6 is 12.2 Å². The molecule has 1 aliphatic carbocycles. The van der Waals surface area contributed by atoms with E-state index in [1.807, 2.05) is 6.07 Å². The number of anilines is 1. The van der Waals surface area contributed by atoms with Crippen molar-refractivity contribution >= 4 is 22.9 Å². The van der Waals surface area contributed by atoms with Gasteiger partial charge in [0.05, 0.1) is 0 Å². The lowest BCUT2D eigenvalue weighted by molar-refractivity contribution is 0.282. The summed E-state index contributed by atoms with van der Waals surface area (Å²) in [7, 11) is 0. The normalized spacial score (nSPS) is 22.5. The first kappa shape index (κ1) is 15.2. The Bertz CT molecular complexity index is 468. The van der Waals surface area contributed by atoms with Crippen LogP contribution in [0.25, 0.3) is 0 Å². The first-order valence-corrected chi connectivity index (χ1v) is 7.80. The minimum absolute atomic E-state index is 0.102. The Kier molecular flexibility index (Phi) is 5.35. The van der Waals surface area contributed by atoms with Gasteiger partial charge < -0.3 is 11.1 Å². The summed E-state index contributed by atoms with van der Waals surface area (Å²) in [5.41, 5.74) is 6.55. The van der Waals surface area contributed by atoms with Gasteiger partial charge in [-0.1, -0.05) is 44.8 Å². The number of hydrogen-bond acceptors (Lipinski definition) is 2. The maximum Gasteiger partial charge on any atom is 0.135 e. The molecule has 1 aliphatic rings. The van der Waals surface area contributed by atoms with Crippen molar-refractivity contribution in [1.82, 2.24) is 0 Å². The van der Waals surface area contributed by atoms with E-state index >= 15 is 0 Å². The third-order valence-electron chi connectivity index (χ3n) is 4.25. The lowest BCUT2D eigenvalue weighted by Crippen LogP contribution is -2.16.